The largest absolute Gasteiger partial charge is 0.350 e. The molecule has 2 saturated heterocycles. The van der Waals surface area contributed by atoms with Gasteiger partial charge in [-0.1, -0.05) is 30.3 Å². The van der Waals surface area contributed by atoms with Crippen LogP contribution < -0.4 is 5.48 Å². The fourth-order valence-electron chi connectivity index (χ4n) is 3.83. The van der Waals surface area contributed by atoms with Crippen LogP contribution in [-0.2, 0) is 14.3 Å². The molecule has 3 fully saturated rings. The minimum atomic E-state index is -0.0439. The highest BCUT2D eigenvalue weighted by Crippen LogP contribution is 2.48. The smallest absolute Gasteiger partial charge is 0.161 e. The van der Waals surface area contributed by atoms with Crippen molar-refractivity contribution in [3.63, 3.8) is 0 Å². The van der Waals surface area contributed by atoms with Crippen LogP contribution in [0.1, 0.15) is 17.9 Å². The zero-order chi connectivity index (χ0) is 12.7. The van der Waals surface area contributed by atoms with E-state index >= 15 is 0 Å². The van der Waals surface area contributed by atoms with E-state index in [1.165, 1.54) is 5.56 Å². The van der Waals surface area contributed by atoms with Crippen LogP contribution in [0.15, 0.2) is 30.3 Å². The number of ether oxygens (including phenoxy) is 2. The van der Waals surface area contributed by atoms with Gasteiger partial charge in [0.15, 0.2) is 6.29 Å². The third kappa shape index (κ3) is 1.99. The molecule has 1 aromatic rings. The van der Waals surface area contributed by atoms with Gasteiger partial charge in [-0.25, -0.2) is 0 Å². The standard InChI is InChI=1S/C15H19NO3/c1-2-4-10(5-3-1)13-12(15-17-6-7-18-15)8-11-9-19-16-14(11)13/h1-5,11-16H,6-9H2/t11-,12+,13+,14-/m0/s1. The fourth-order valence-corrected chi connectivity index (χ4v) is 3.83. The Morgan fingerprint density at radius 1 is 1.05 bits per heavy atom. The van der Waals surface area contributed by atoms with Crippen molar-refractivity contribution in [1.82, 2.24) is 5.48 Å². The SMILES string of the molecule is c1ccc([C@H]2[C@H]3NOC[C@@H]3C[C@H]2C2OCCO2)cc1. The lowest BCUT2D eigenvalue weighted by atomic mass is 9.86. The molecule has 4 heteroatoms. The quantitative estimate of drug-likeness (QED) is 0.879. The van der Waals surface area contributed by atoms with Crippen LogP contribution in [0.4, 0.5) is 0 Å². The lowest BCUT2D eigenvalue weighted by Gasteiger charge is -2.27. The number of fused-ring (bicyclic) bond motifs is 1. The second kappa shape index (κ2) is 4.87. The molecule has 2 heterocycles. The van der Waals surface area contributed by atoms with Crippen molar-refractivity contribution in [3.05, 3.63) is 35.9 Å². The maximum Gasteiger partial charge on any atom is 0.161 e. The Morgan fingerprint density at radius 3 is 2.63 bits per heavy atom. The molecule has 102 valence electrons. The van der Waals surface area contributed by atoms with Gasteiger partial charge in [0.2, 0.25) is 0 Å². The summed E-state index contributed by atoms with van der Waals surface area (Å²) in [6.45, 7) is 2.25. The highest BCUT2D eigenvalue weighted by atomic mass is 16.7. The molecule has 0 unspecified atom stereocenters. The summed E-state index contributed by atoms with van der Waals surface area (Å²) in [6.07, 6.45) is 1.07. The predicted octanol–water partition coefficient (Wildman–Crippen LogP) is 1.68. The molecule has 0 aromatic heterocycles. The number of benzene rings is 1. The number of nitrogens with one attached hydrogen (secondary N) is 1. The minimum absolute atomic E-state index is 0.0439. The van der Waals surface area contributed by atoms with E-state index in [9.17, 15) is 0 Å². The second-order valence-corrected chi connectivity index (χ2v) is 5.66. The molecule has 19 heavy (non-hydrogen) atoms. The van der Waals surface area contributed by atoms with Gasteiger partial charge in [0, 0.05) is 23.8 Å². The first-order chi connectivity index (χ1) is 9.43. The van der Waals surface area contributed by atoms with Crippen LogP contribution in [0.2, 0.25) is 0 Å². The van der Waals surface area contributed by atoms with Gasteiger partial charge in [-0.15, -0.1) is 0 Å². The molecule has 3 aliphatic rings. The number of hydroxylamine groups is 1. The summed E-state index contributed by atoms with van der Waals surface area (Å²) < 4.78 is 11.5. The molecule has 4 nitrogen and oxygen atoms in total. The number of rotatable bonds is 2. The Hall–Kier alpha value is -0.940. The van der Waals surface area contributed by atoms with Crippen LogP contribution in [0.5, 0.6) is 0 Å². The average Bonchev–Trinajstić information content (AvgIpc) is 3.15. The zero-order valence-corrected chi connectivity index (χ0v) is 10.8. The summed E-state index contributed by atoms with van der Waals surface area (Å²) >= 11 is 0. The van der Waals surface area contributed by atoms with Gasteiger partial charge in [-0.05, 0) is 12.0 Å². The molecule has 1 N–H and O–H groups in total. The average molecular weight is 261 g/mol. The van der Waals surface area contributed by atoms with Crippen LogP contribution >= 0.6 is 0 Å². The van der Waals surface area contributed by atoms with Crippen molar-refractivity contribution in [2.45, 2.75) is 24.7 Å². The van der Waals surface area contributed by atoms with Gasteiger partial charge in [0.1, 0.15) is 0 Å². The van der Waals surface area contributed by atoms with Crippen molar-refractivity contribution in [2.75, 3.05) is 19.8 Å². The van der Waals surface area contributed by atoms with E-state index in [1.54, 1.807) is 0 Å². The van der Waals surface area contributed by atoms with Gasteiger partial charge in [0.25, 0.3) is 0 Å². The third-order valence-corrected chi connectivity index (χ3v) is 4.63. The molecule has 0 spiro atoms. The van der Waals surface area contributed by atoms with Crippen LogP contribution in [0, 0.1) is 11.8 Å². The lowest BCUT2D eigenvalue weighted by molar-refractivity contribution is -0.0912. The Kier molecular flexibility index (Phi) is 3.04. The van der Waals surface area contributed by atoms with E-state index in [4.69, 9.17) is 14.3 Å². The highest BCUT2D eigenvalue weighted by Gasteiger charge is 2.51. The summed E-state index contributed by atoms with van der Waals surface area (Å²) in [5.74, 6) is 1.41. The monoisotopic (exact) mass is 261 g/mol. The molecular weight excluding hydrogens is 242 g/mol. The van der Waals surface area contributed by atoms with Crippen LogP contribution in [0.3, 0.4) is 0 Å². The van der Waals surface area contributed by atoms with E-state index in [0.717, 1.165) is 26.2 Å². The zero-order valence-electron chi connectivity index (χ0n) is 10.8. The molecule has 0 bridgehead atoms. The Labute approximate surface area is 113 Å². The number of hydrogen-bond acceptors (Lipinski definition) is 4. The van der Waals surface area contributed by atoms with Crippen molar-refractivity contribution >= 4 is 0 Å². The Morgan fingerprint density at radius 2 is 1.84 bits per heavy atom. The Bertz CT molecular complexity index is 432. The number of hydrogen-bond donors (Lipinski definition) is 1. The molecule has 0 radical (unpaired) electrons. The second-order valence-electron chi connectivity index (χ2n) is 5.66. The van der Waals surface area contributed by atoms with Crippen molar-refractivity contribution in [3.8, 4) is 0 Å². The summed E-state index contributed by atoms with van der Waals surface area (Å²) in [6, 6.07) is 11.1. The van der Waals surface area contributed by atoms with Crippen LogP contribution in [0.25, 0.3) is 0 Å². The van der Waals surface area contributed by atoms with E-state index in [1.807, 2.05) is 0 Å². The van der Waals surface area contributed by atoms with Crippen molar-refractivity contribution < 1.29 is 14.3 Å². The van der Waals surface area contributed by atoms with Crippen molar-refractivity contribution in [1.29, 1.82) is 0 Å². The molecule has 1 saturated carbocycles. The molecule has 4 rings (SSSR count). The summed E-state index contributed by atoms with van der Waals surface area (Å²) in [7, 11) is 0. The highest BCUT2D eigenvalue weighted by molar-refractivity contribution is 5.25. The molecule has 4 atom stereocenters. The van der Waals surface area contributed by atoms with Gasteiger partial charge in [-0.2, -0.15) is 5.48 Å². The molecule has 1 aliphatic carbocycles. The van der Waals surface area contributed by atoms with Gasteiger partial charge >= 0.3 is 0 Å². The first-order valence-corrected chi connectivity index (χ1v) is 7.09. The normalized spacial score (nSPS) is 38.7. The van der Waals surface area contributed by atoms with E-state index in [2.05, 4.69) is 35.8 Å². The molecule has 2 aliphatic heterocycles. The van der Waals surface area contributed by atoms with E-state index in [-0.39, 0.29) is 6.29 Å². The van der Waals surface area contributed by atoms with Gasteiger partial charge < -0.3 is 14.3 Å². The molecular formula is C15H19NO3. The maximum absolute atomic E-state index is 5.76. The van der Waals surface area contributed by atoms with Gasteiger partial charge in [0.05, 0.1) is 19.8 Å². The Balaban J connectivity index is 1.66. The predicted molar refractivity (Wildman–Crippen MR) is 69.3 cm³/mol. The summed E-state index contributed by atoms with van der Waals surface area (Å²) in [5, 5.41) is 0. The first-order valence-electron chi connectivity index (χ1n) is 7.09. The minimum Gasteiger partial charge on any atom is -0.350 e. The van der Waals surface area contributed by atoms with Gasteiger partial charge in [-0.3, -0.25) is 0 Å². The van der Waals surface area contributed by atoms with E-state index < -0.39 is 0 Å². The summed E-state index contributed by atoms with van der Waals surface area (Å²) in [4.78, 5) is 5.44. The lowest BCUT2D eigenvalue weighted by Crippen LogP contribution is -2.33. The van der Waals surface area contributed by atoms with Crippen LogP contribution in [-0.4, -0.2) is 32.2 Å². The van der Waals surface area contributed by atoms with E-state index in [0.29, 0.717) is 23.8 Å². The molecule has 1 aromatic carbocycles. The topological polar surface area (TPSA) is 39.7 Å². The maximum atomic E-state index is 5.76. The first kappa shape index (κ1) is 11.9. The third-order valence-electron chi connectivity index (χ3n) is 4.63. The molecule has 0 amide bonds. The van der Waals surface area contributed by atoms with Crippen molar-refractivity contribution in [2.24, 2.45) is 11.8 Å². The fraction of sp³-hybridized carbons (Fsp3) is 0.600. The summed E-state index contributed by atoms with van der Waals surface area (Å²) in [5.41, 5.74) is 4.57.